The summed E-state index contributed by atoms with van der Waals surface area (Å²) >= 11 is 9.56. The molecule has 3 nitrogen and oxygen atoms in total. The van der Waals surface area contributed by atoms with Crippen molar-refractivity contribution in [2.24, 2.45) is 0 Å². The van der Waals surface area contributed by atoms with Crippen molar-refractivity contribution in [3.05, 3.63) is 45.8 Å². The first-order valence-corrected chi connectivity index (χ1v) is 6.49. The monoisotopic (exact) mass is 322 g/mol. The molecule has 0 fully saturated rings. The second-order valence-electron chi connectivity index (χ2n) is 3.96. The third-order valence-corrected chi connectivity index (χ3v) is 3.71. The standard InChI is InChI=1S/C13H8BrClN2O/c1-7-3-2-4-8(5-7)11-10(14)9-12(15)16-6-17-13(9)18-11/h2-6H,1H3. The Bertz CT molecular complexity index is 739. The van der Waals surface area contributed by atoms with Crippen LogP contribution in [-0.2, 0) is 0 Å². The van der Waals surface area contributed by atoms with E-state index in [1.807, 2.05) is 31.2 Å². The largest absolute Gasteiger partial charge is 0.436 e. The number of fused-ring (bicyclic) bond motifs is 1. The Kier molecular flexibility index (Phi) is 2.84. The third-order valence-electron chi connectivity index (χ3n) is 2.66. The number of nitrogens with zero attached hydrogens (tertiary/aromatic N) is 2. The van der Waals surface area contributed by atoms with Gasteiger partial charge in [-0.15, -0.1) is 0 Å². The fraction of sp³-hybridized carbons (Fsp3) is 0.0769. The predicted octanol–water partition coefficient (Wildman–Crippen LogP) is 4.61. The van der Waals surface area contributed by atoms with Gasteiger partial charge in [-0.25, -0.2) is 9.97 Å². The van der Waals surface area contributed by atoms with E-state index in [0.717, 1.165) is 21.4 Å². The van der Waals surface area contributed by atoms with Crippen LogP contribution in [0.5, 0.6) is 0 Å². The van der Waals surface area contributed by atoms with Crippen LogP contribution in [0.25, 0.3) is 22.4 Å². The molecule has 0 saturated heterocycles. The van der Waals surface area contributed by atoms with Gasteiger partial charge in [-0.3, -0.25) is 0 Å². The molecule has 18 heavy (non-hydrogen) atoms. The van der Waals surface area contributed by atoms with E-state index in [1.165, 1.54) is 6.33 Å². The van der Waals surface area contributed by atoms with Gasteiger partial charge in [0, 0.05) is 5.56 Å². The van der Waals surface area contributed by atoms with Crippen molar-refractivity contribution in [1.82, 2.24) is 9.97 Å². The summed E-state index contributed by atoms with van der Waals surface area (Å²) in [7, 11) is 0. The molecule has 0 aliphatic carbocycles. The van der Waals surface area contributed by atoms with Crippen molar-refractivity contribution in [3.63, 3.8) is 0 Å². The maximum atomic E-state index is 6.05. The average molecular weight is 324 g/mol. The maximum absolute atomic E-state index is 6.05. The Morgan fingerprint density at radius 1 is 1.28 bits per heavy atom. The van der Waals surface area contributed by atoms with Gasteiger partial charge in [0.2, 0.25) is 5.71 Å². The van der Waals surface area contributed by atoms with Crippen LogP contribution in [0.2, 0.25) is 5.15 Å². The summed E-state index contributed by atoms with van der Waals surface area (Å²) in [5.74, 6) is 0.719. The highest BCUT2D eigenvalue weighted by Gasteiger charge is 2.17. The van der Waals surface area contributed by atoms with Crippen LogP contribution in [-0.4, -0.2) is 9.97 Å². The summed E-state index contributed by atoms with van der Waals surface area (Å²) in [6, 6.07) is 8.05. The van der Waals surface area contributed by atoms with E-state index in [-0.39, 0.29) is 0 Å². The van der Waals surface area contributed by atoms with Gasteiger partial charge < -0.3 is 4.42 Å². The molecule has 0 aliphatic heterocycles. The molecule has 0 atom stereocenters. The summed E-state index contributed by atoms with van der Waals surface area (Å²) in [5, 5.41) is 1.09. The van der Waals surface area contributed by atoms with E-state index in [9.17, 15) is 0 Å². The van der Waals surface area contributed by atoms with Crippen LogP contribution in [0.15, 0.2) is 39.5 Å². The molecule has 2 heterocycles. The number of rotatable bonds is 1. The molecular weight excluding hydrogens is 316 g/mol. The quantitative estimate of drug-likeness (QED) is 0.614. The number of aromatic nitrogens is 2. The van der Waals surface area contributed by atoms with E-state index in [0.29, 0.717) is 16.3 Å². The van der Waals surface area contributed by atoms with Gasteiger partial charge in [-0.1, -0.05) is 35.4 Å². The number of hydrogen-bond donors (Lipinski definition) is 0. The molecule has 0 spiro atoms. The van der Waals surface area contributed by atoms with Gasteiger partial charge >= 0.3 is 0 Å². The number of halogens is 2. The maximum Gasteiger partial charge on any atom is 0.232 e. The molecule has 0 unspecified atom stereocenters. The van der Waals surface area contributed by atoms with Crippen LogP contribution in [0.3, 0.4) is 0 Å². The van der Waals surface area contributed by atoms with Crippen LogP contribution >= 0.6 is 27.5 Å². The van der Waals surface area contributed by atoms with Gasteiger partial charge in [0.05, 0.1) is 9.86 Å². The topological polar surface area (TPSA) is 38.9 Å². The fourth-order valence-electron chi connectivity index (χ4n) is 1.84. The molecule has 3 aromatic rings. The second kappa shape index (κ2) is 4.37. The molecule has 0 aliphatic rings. The SMILES string of the molecule is Cc1cccc(-c2oc3ncnc(Cl)c3c2Br)c1. The lowest BCUT2D eigenvalue weighted by molar-refractivity contribution is 0.616. The summed E-state index contributed by atoms with van der Waals surface area (Å²) < 4.78 is 6.52. The normalized spacial score (nSPS) is 11.1. The van der Waals surface area contributed by atoms with E-state index in [4.69, 9.17) is 16.0 Å². The Morgan fingerprint density at radius 2 is 2.11 bits per heavy atom. The molecule has 0 saturated carbocycles. The molecular formula is C13H8BrClN2O. The number of aryl methyl sites for hydroxylation is 1. The van der Waals surface area contributed by atoms with Crippen molar-refractivity contribution in [1.29, 1.82) is 0 Å². The van der Waals surface area contributed by atoms with Crippen LogP contribution < -0.4 is 0 Å². The van der Waals surface area contributed by atoms with E-state index in [2.05, 4.69) is 25.9 Å². The van der Waals surface area contributed by atoms with Crippen molar-refractivity contribution >= 4 is 38.6 Å². The fourth-order valence-corrected chi connectivity index (χ4v) is 2.84. The predicted molar refractivity (Wildman–Crippen MR) is 74.7 cm³/mol. The molecule has 0 bridgehead atoms. The average Bonchev–Trinajstić information content (AvgIpc) is 2.68. The molecule has 3 rings (SSSR count). The van der Waals surface area contributed by atoms with Gasteiger partial charge in [-0.2, -0.15) is 0 Å². The van der Waals surface area contributed by atoms with E-state index < -0.39 is 0 Å². The van der Waals surface area contributed by atoms with E-state index >= 15 is 0 Å². The summed E-state index contributed by atoms with van der Waals surface area (Å²) in [6.45, 7) is 2.03. The number of furan rings is 1. The molecule has 1 aromatic carbocycles. The Hall–Kier alpha value is -1.39. The molecule has 5 heteroatoms. The lowest BCUT2D eigenvalue weighted by Crippen LogP contribution is -1.79. The zero-order valence-corrected chi connectivity index (χ0v) is 11.8. The molecule has 90 valence electrons. The number of benzene rings is 1. The van der Waals surface area contributed by atoms with Crippen LogP contribution in [0.1, 0.15) is 5.56 Å². The minimum atomic E-state index is 0.384. The highest BCUT2D eigenvalue weighted by atomic mass is 79.9. The lowest BCUT2D eigenvalue weighted by atomic mass is 10.1. The Labute approximate surface area is 117 Å². The third kappa shape index (κ3) is 1.82. The zero-order chi connectivity index (χ0) is 12.7. The van der Waals surface area contributed by atoms with Gasteiger partial charge in [0.1, 0.15) is 11.5 Å². The van der Waals surface area contributed by atoms with Crippen LogP contribution in [0.4, 0.5) is 0 Å². The molecule has 0 N–H and O–H groups in total. The molecule has 0 amide bonds. The van der Waals surface area contributed by atoms with Crippen molar-refractivity contribution in [2.45, 2.75) is 6.92 Å². The first kappa shape index (κ1) is 11.7. The molecule has 0 radical (unpaired) electrons. The minimum Gasteiger partial charge on any atom is -0.436 e. The number of hydrogen-bond acceptors (Lipinski definition) is 3. The van der Waals surface area contributed by atoms with Gasteiger partial charge in [0.15, 0.2) is 5.76 Å². The van der Waals surface area contributed by atoms with Crippen molar-refractivity contribution in [3.8, 4) is 11.3 Å². The van der Waals surface area contributed by atoms with E-state index in [1.54, 1.807) is 0 Å². The van der Waals surface area contributed by atoms with Crippen molar-refractivity contribution < 1.29 is 4.42 Å². The molecule has 2 aromatic heterocycles. The zero-order valence-electron chi connectivity index (χ0n) is 9.45. The van der Waals surface area contributed by atoms with Gasteiger partial charge in [0.25, 0.3) is 0 Å². The highest BCUT2D eigenvalue weighted by molar-refractivity contribution is 9.10. The first-order valence-electron chi connectivity index (χ1n) is 5.32. The Balaban J connectivity index is 2.31. The summed E-state index contributed by atoms with van der Waals surface area (Å²) in [5.41, 5.74) is 2.63. The minimum absolute atomic E-state index is 0.384. The summed E-state index contributed by atoms with van der Waals surface area (Å²) in [4.78, 5) is 8.04. The smallest absolute Gasteiger partial charge is 0.232 e. The highest BCUT2D eigenvalue weighted by Crippen LogP contribution is 2.39. The van der Waals surface area contributed by atoms with Crippen molar-refractivity contribution in [2.75, 3.05) is 0 Å². The van der Waals surface area contributed by atoms with Gasteiger partial charge in [-0.05, 0) is 28.9 Å². The van der Waals surface area contributed by atoms with Crippen LogP contribution in [0, 0.1) is 6.92 Å². The second-order valence-corrected chi connectivity index (χ2v) is 5.11. The summed E-state index contributed by atoms with van der Waals surface area (Å²) in [6.07, 6.45) is 1.39. The lowest BCUT2D eigenvalue weighted by Gasteiger charge is -1.98. The Morgan fingerprint density at radius 3 is 2.83 bits per heavy atom. The first-order chi connectivity index (χ1) is 8.66.